The Balaban J connectivity index is 1.98. The number of amidine groups is 1. The molecule has 6 heteroatoms. The van der Waals surface area contributed by atoms with Crippen molar-refractivity contribution in [2.45, 2.75) is 19.3 Å². The van der Waals surface area contributed by atoms with Gasteiger partial charge in [-0.25, -0.2) is 0 Å². The van der Waals surface area contributed by atoms with Crippen LogP contribution in [0.2, 0.25) is 10.0 Å². The van der Waals surface area contributed by atoms with Crippen molar-refractivity contribution >= 4 is 29.0 Å². The highest BCUT2D eigenvalue weighted by atomic mass is 35.5. The molecule has 0 aromatic heterocycles. The van der Waals surface area contributed by atoms with Gasteiger partial charge in [0, 0.05) is 11.8 Å². The summed E-state index contributed by atoms with van der Waals surface area (Å²) in [5, 5.41) is 12.5. The molecule has 4 nitrogen and oxygen atoms in total. The number of nitrogens with zero attached hydrogens (tertiary/aromatic N) is 1. The van der Waals surface area contributed by atoms with Crippen molar-refractivity contribution in [2.75, 3.05) is 6.61 Å². The number of benzene rings is 1. The molecule has 0 aliphatic heterocycles. The van der Waals surface area contributed by atoms with Crippen molar-refractivity contribution in [3.05, 3.63) is 28.2 Å². The van der Waals surface area contributed by atoms with Crippen LogP contribution in [-0.2, 0) is 0 Å². The van der Waals surface area contributed by atoms with Gasteiger partial charge in [-0.1, -0.05) is 34.4 Å². The Hall–Kier alpha value is -1.13. The van der Waals surface area contributed by atoms with Crippen LogP contribution in [0.15, 0.2) is 23.4 Å². The molecule has 0 atom stereocenters. The molecule has 0 radical (unpaired) electrons. The summed E-state index contributed by atoms with van der Waals surface area (Å²) in [5.41, 5.74) is 5.49. The van der Waals surface area contributed by atoms with E-state index in [-0.39, 0.29) is 11.3 Å². The summed E-state index contributed by atoms with van der Waals surface area (Å²) in [6.45, 7) is 0.489. The average molecular weight is 289 g/mol. The van der Waals surface area contributed by atoms with Gasteiger partial charge in [0.05, 0.1) is 11.6 Å². The first-order valence-electron chi connectivity index (χ1n) is 5.59. The number of hydrogen-bond donors (Lipinski definition) is 2. The van der Waals surface area contributed by atoms with E-state index >= 15 is 0 Å². The minimum Gasteiger partial charge on any atom is -0.491 e. The number of rotatable bonds is 5. The Bertz CT molecular complexity index is 473. The molecule has 2 rings (SSSR count). The van der Waals surface area contributed by atoms with Crippen LogP contribution in [0.3, 0.4) is 0 Å². The Kier molecular flexibility index (Phi) is 3.88. The molecule has 3 N–H and O–H groups in total. The topological polar surface area (TPSA) is 67.8 Å². The number of oxime groups is 1. The summed E-state index contributed by atoms with van der Waals surface area (Å²) in [5.74, 6) is 0.795. The van der Waals surface area contributed by atoms with E-state index in [9.17, 15) is 0 Å². The van der Waals surface area contributed by atoms with E-state index < -0.39 is 0 Å². The molecule has 0 amide bonds. The van der Waals surface area contributed by atoms with Gasteiger partial charge in [-0.15, -0.1) is 0 Å². The van der Waals surface area contributed by atoms with E-state index in [0.717, 1.165) is 12.8 Å². The van der Waals surface area contributed by atoms with Gasteiger partial charge < -0.3 is 15.7 Å². The Labute approximate surface area is 115 Å². The van der Waals surface area contributed by atoms with Crippen LogP contribution in [0.5, 0.6) is 5.75 Å². The lowest BCUT2D eigenvalue weighted by molar-refractivity contribution is 0.236. The molecule has 0 spiro atoms. The smallest absolute Gasteiger partial charge is 0.139 e. The lowest BCUT2D eigenvalue weighted by atomic mass is 10.0. The summed E-state index contributed by atoms with van der Waals surface area (Å²) >= 11 is 11.9. The van der Waals surface area contributed by atoms with Gasteiger partial charge in [0.1, 0.15) is 16.6 Å². The SMILES string of the molecule is NC(CC1(COc2cccc(Cl)c2Cl)CC1)=NO. The maximum atomic E-state index is 8.58. The van der Waals surface area contributed by atoms with Gasteiger partial charge in [0.15, 0.2) is 0 Å². The highest BCUT2D eigenvalue weighted by Crippen LogP contribution is 2.49. The second-order valence-electron chi connectivity index (χ2n) is 4.61. The number of hydrogen-bond acceptors (Lipinski definition) is 3. The van der Waals surface area contributed by atoms with E-state index in [1.54, 1.807) is 18.2 Å². The second kappa shape index (κ2) is 5.24. The minimum absolute atomic E-state index is 0.0258. The molecule has 1 aliphatic rings. The van der Waals surface area contributed by atoms with Crippen LogP contribution in [0.4, 0.5) is 0 Å². The summed E-state index contributed by atoms with van der Waals surface area (Å²) in [7, 11) is 0. The zero-order chi connectivity index (χ0) is 13.2. The molecular formula is C12H14Cl2N2O2. The zero-order valence-electron chi connectivity index (χ0n) is 9.70. The van der Waals surface area contributed by atoms with Crippen molar-refractivity contribution in [3.8, 4) is 5.75 Å². The number of halogens is 2. The van der Waals surface area contributed by atoms with E-state index in [1.807, 2.05) is 0 Å². The van der Waals surface area contributed by atoms with Crippen molar-refractivity contribution in [1.82, 2.24) is 0 Å². The quantitative estimate of drug-likeness (QED) is 0.378. The van der Waals surface area contributed by atoms with Crippen LogP contribution in [0, 0.1) is 5.41 Å². The van der Waals surface area contributed by atoms with Crippen molar-refractivity contribution in [2.24, 2.45) is 16.3 Å². The van der Waals surface area contributed by atoms with Crippen molar-refractivity contribution in [1.29, 1.82) is 0 Å². The first-order valence-corrected chi connectivity index (χ1v) is 6.35. The number of nitrogens with two attached hydrogens (primary N) is 1. The van der Waals surface area contributed by atoms with Gasteiger partial charge in [-0.3, -0.25) is 0 Å². The fourth-order valence-electron chi connectivity index (χ4n) is 1.79. The minimum atomic E-state index is -0.0258. The summed E-state index contributed by atoms with van der Waals surface area (Å²) in [6, 6.07) is 5.26. The molecule has 1 aromatic carbocycles. The van der Waals surface area contributed by atoms with E-state index in [1.165, 1.54) is 0 Å². The first-order chi connectivity index (χ1) is 8.56. The molecule has 1 fully saturated rings. The lowest BCUT2D eigenvalue weighted by Gasteiger charge is -2.16. The molecule has 1 saturated carbocycles. The normalized spacial score (nSPS) is 17.6. The molecule has 0 heterocycles. The molecule has 98 valence electrons. The van der Waals surface area contributed by atoms with Gasteiger partial charge in [0.2, 0.25) is 0 Å². The Morgan fingerprint density at radius 2 is 2.17 bits per heavy atom. The third kappa shape index (κ3) is 3.00. The average Bonchev–Trinajstić information content (AvgIpc) is 3.11. The summed E-state index contributed by atoms with van der Waals surface area (Å²) in [6.07, 6.45) is 2.53. The molecule has 0 unspecified atom stereocenters. The number of ether oxygens (including phenoxy) is 1. The van der Waals surface area contributed by atoms with Crippen LogP contribution < -0.4 is 10.5 Å². The molecule has 18 heavy (non-hydrogen) atoms. The maximum Gasteiger partial charge on any atom is 0.139 e. The fourth-order valence-corrected chi connectivity index (χ4v) is 2.14. The highest BCUT2D eigenvalue weighted by Gasteiger charge is 2.44. The molecule has 0 saturated heterocycles. The van der Waals surface area contributed by atoms with E-state index in [0.29, 0.717) is 28.8 Å². The predicted molar refractivity (Wildman–Crippen MR) is 71.6 cm³/mol. The second-order valence-corrected chi connectivity index (χ2v) is 5.39. The zero-order valence-corrected chi connectivity index (χ0v) is 11.2. The standard InChI is InChI=1S/C12H14Cl2N2O2/c13-8-2-1-3-9(11(8)14)18-7-12(4-5-12)6-10(15)16-17/h1-3,17H,4-7H2,(H2,15,16). The summed E-state index contributed by atoms with van der Waals surface area (Å²) < 4.78 is 5.68. The highest BCUT2D eigenvalue weighted by molar-refractivity contribution is 6.42. The Morgan fingerprint density at radius 3 is 2.78 bits per heavy atom. The molecule has 1 aromatic rings. The summed E-state index contributed by atoms with van der Waals surface area (Å²) in [4.78, 5) is 0. The van der Waals surface area contributed by atoms with Gasteiger partial charge >= 0.3 is 0 Å². The fraction of sp³-hybridized carbons (Fsp3) is 0.417. The molecule has 1 aliphatic carbocycles. The van der Waals surface area contributed by atoms with Gasteiger partial charge in [-0.05, 0) is 25.0 Å². The Morgan fingerprint density at radius 1 is 1.44 bits per heavy atom. The lowest BCUT2D eigenvalue weighted by Crippen LogP contribution is -2.22. The van der Waals surface area contributed by atoms with Crippen molar-refractivity contribution in [3.63, 3.8) is 0 Å². The third-order valence-electron chi connectivity index (χ3n) is 3.09. The van der Waals surface area contributed by atoms with E-state index in [2.05, 4.69) is 5.16 Å². The van der Waals surface area contributed by atoms with E-state index in [4.69, 9.17) is 38.9 Å². The third-order valence-corrected chi connectivity index (χ3v) is 3.89. The first kappa shape index (κ1) is 13.3. The van der Waals surface area contributed by atoms with Crippen LogP contribution >= 0.6 is 23.2 Å². The van der Waals surface area contributed by atoms with Gasteiger partial charge in [-0.2, -0.15) is 0 Å². The van der Waals surface area contributed by atoms with Gasteiger partial charge in [0.25, 0.3) is 0 Å². The molecular weight excluding hydrogens is 275 g/mol. The monoisotopic (exact) mass is 288 g/mol. The van der Waals surface area contributed by atoms with Crippen LogP contribution in [0.25, 0.3) is 0 Å². The van der Waals surface area contributed by atoms with Crippen molar-refractivity contribution < 1.29 is 9.94 Å². The largest absolute Gasteiger partial charge is 0.491 e. The van der Waals surface area contributed by atoms with Crippen LogP contribution in [0.1, 0.15) is 19.3 Å². The molecule has 0 bridgehead atoms. The maximum absolute atomic E-state index is 8.58. The van der Waals surface area contributed by atoms with Crippen LogP contribution in [-0.4, -0.2) is 17.6 Å². The predicted octanol–water partition coefficient (Wildman–Crippen LogP) is 3.29.